The molecule has 0 aromatic rings. The lowest BCUT2D eigenvalue weighted by Crippen LogP contribution is -2.56. The zero-order valence-electron chi connectivity index (χ0n) is 17.4. The van der Waals surface area contributed by atoms with Crippen LogP contribution >= 0.6 is 27.7 Å². The van der Waals surface area contributed by atoms with Gasteiger partial charge < -0.3 is 20.6 Å². The number of thioether (sulfide) groups is 1. The van der Waals surface area contributed by atoms with E-state index in [0.717, 1.165) is 25.7 Å². The molecule has 1 aliphatic carbocycles. The van der Waals surface area contributed by atoms with E-state index in [2.05, 4.69) is 26.6 Å². The van der Waals surface area contributed by atoms with Crippen molar-refractivity contribution in [1.29, 1.82) is 0 Å². The van der Waals surface area contributed by atoms with Crippen LogP contribution in [-0.2, 0) is 14.4 Å². The summed E-state index contributed by atoms with van der Waals surface area (Å²) in [5.41, 5.74) is 0. The van der Waals surface area contributed by atoms with Gasteiger partial charge in [0.25, 0.3) is 0 Å². The van der Waals surface area contributed by atoms with Crippen LogP contribution in [0.25, 0.3) is 0 Å². The topological polar surface area (TPSA) is 98.7 Å². The van der Waals surface area contributed by atoms with Crippen molar-refractivity contribution in [2.45, 2.75) is 78.3 Å². The fourth-order valence-electron chi connectivity index (χ4n) is 6.06. The zero-order chi connectivity index (χ0) is 21.5. The third-order valence-electron chi connectivity index (χ3n) is 7.35. The molecule has 3 saturated heterocycles. The summed E-state index contributed by atoms with van der Waals surface area (Å²) in [6, 6.07) is -0.380. The molecular formula is C21H32BrN3O4S. The van der Waals surface area contributed by atoms with Gasteiger partial charge in [0.05, 0.1) is 16.6 Å². The number of halogens is 1. The third kappa shape index (κ3) is 3.58. The predicted octanol–water partition coefficient (Wildman–Crippen LogP) is 1.42. The quantitative estimate of drug-likeness (QED) is 0.361. The number of carbonyl (C=O) groups is 3. The normalized spacial score (nSPS) is 38.0. The van der Waals surface area contributed by atoms with Crippen molar-refractivity contribution in [3.05, 3.63) is 0 Å². The minimum atomic E-state index is -0.564. The highest BCUT2D eigenvalue weighted by atomic mass is 79.9. The molecule has 0 aromatic heterocycles. The van der Waals surface area contributed by atoms with Crippen LogP contribution in [0.3, 0.4) is 0 Å². The number of rotatable bonds is 7. The number of amides is 3. The molecule has 7 nitrogen and oxygen atoms in total. The predicted molar refractivity (Wildman–Crippen MR) is 119 cm³/mol. The average Bonchev–Trinajstić information content (AvgIpc) is 3.32. The number of hydrogen-bond donors (Lipinski definition) is 3. The molecule has 1 spiro atoms. The Morgan fingerprint density at radius 1 is 1.23 bits per heavy atom. The van der Waals surface area contributed by atoms with Crippen molar-refractivity contribution in [3.63, 3.8) is 0 Å². The molecule has 3 heterocycles. The lowest BCUT2D eigenvalue weighted by atomic mass is 9.70. The van der Waals surface area contributed by atoms with Gasteiger partial charge in [0, 0.05) is 36.3 Å². The van der Waals surface area contributed by atoms with Crippen molar-refractivity contribution in [1.82, 2.24) is 15.5 Å². The molecule has 1 saturated carbocycles. The second kappa shape index (κ2) is 8.98. The summed E-state index contributed by atoms with van der Waals surface area (Å²) in [6.45, 7) is 0.510. The summed E-state index contributed by atoms with van der Waals surface area (Å²) in [5, 5.41) is 15.2. The second-order valence-electron chi connectivity index (χ2n) is 9.08. The van der Waals surface area contributed by atoms with Crippen molar-refractivity contribution >= 4 is 45.4 Å². The summed E-state index contributed by atoms with van der Waals surface area (Å²) < 4.78 is -0.564. The highest BCUT2D eigenvalue weighted by Gasteiger charge is 2.75. The van der Waals surface area contributed by atoms with E-state index in [1.165, 1.54) is 6.42 Å². The van der Waals surface area contributed by atoms with Crippen LogP contribution in [0.5, 0.6) is 0 Å². The molecule has 0 radical (unpaired) electrons. The lowest BCUT2D eigenvalue weighted by molar-refractivity contribution is -0.140. The number of fused-ring (bicyclic) bond motifs is 1. The fraction of sp³-hybridized carbons (Fsp3) is 0.857. The van der Waals surface area contributed by atoms with E-state index in [1.54, 1.807) is 23.7 Å². The first-order valence-corrected chi connectivity index (χ1v) is 13.0. The average molecular weight is 502 g/mol. The van der Waals surface area contributed by atoms with E-state index in [4.69, 9.17) is 0 Å². The van der Waals surface area contributed by atoms with Gasteiger partial charge >= 0.3 is 0 Å². The van der Waals surface area contributed by atoms with Crippen LogP contribution in [0.4, 0.5) is 0 Å². The van der Waals surface area contributed by atoms with Crippen molar-refractivity contribution in [2.24, 2.45) is 11.8 Å². The van der Waals surface area contributed by atoms with Crippen LogP contribution in [0.15, 0.2) is 0 Å². The van der Waals surface area contributed by atoms with Crippen LogP contribution in [0.2, 0.25) is 0 Å². The maximum atomic E-state index is 13.6. The van der Waals surface area contributed by atoms with Crippen LogP contribution in [-0.4, -0.2) is 74.8 Å². The van der Waals surface area contributed by atoms with Crippen molar-refractivity contribution < 1.29 is 19.5 Å². The first kappa shape index (κ1) is 22.4. The number of unbranched alkanes of at least 4 members (excludes halogenated alkanes) is 1. The summed E-state index contributed by atoms with van der Waals surface area (Å²) in [6.07, 6.45) is 7.40. The Bertz CT molecular complexity index is 704. The summed E-state index contributed by atoms with van der Waals surface area (Å²) in [7, 11) is 1.61. The van der Waals surface area contributed by atoms with Gasteiger partial charge in [0.1, 0.15) is 6.04 Å². The first-order valence-electron chi connectivity index (χ1n) is 11.2. The number of alkyl halides is 1. The van der Waals surface area contributed by atoms with E-state index in [0.29, 0.717) is 25.8 Å². The lowest BCUT2D eigenvalue weighted by Gasteiger charge is -2.36. The number of aliphatic hydroxyl groups excluding tert-OH is 1. The molecule has 4 rings (SSSR count). The van der Waals surface area contributed by atoms with E-state index in [9.17, 15) is 19.5 Å². The van der Waals surface area contributed by atoms with Crippen LogP contribution < -0.4 is 10.6 Å². The van der Waals surface area contributed by atoms with Crippen LogP contribution in [0, 0.1) is 11.8 Å². The number of nitrogens with zero attached hydrogens (tertiary/aromatic N) is 1. The maximum absolute atomic E-state index is 13.6. The molecule has 30 heavy (non-hydrogen) atoms. The molecule has 3 aliphatic heterocycles. The minimum absolute atomic E-state index is 0.00322. The fourth-order valence-corrected chi connectivity index (χ4v) is 9.67. The molecular weight excluding hydrogens is 470 g/mol. The van der Waals surface area contributed by atoms with Gasteiger partial charge in [0.15, 0.2) is 0 Å². The Morgan fingerprint density at radius 3 is 2.63 bits per heavy atom. The van der Waals surface area contributed by atoms with Crippen LogP contribution in [0.1, 0.15) is 51.4 Å². The highest BCUT2D eigenvalue weighted by molar-refractivity contribution is 9.09. The monoisotopic (exact) mass is 501 g/mol. The van der Waals surface area contributed by atoms with E-state index >= 15 is 0 Å². The number of hydrogen-bond acceptors (Lipinski definition) is 5. The van der Waals surface area contributed by atoms with Gasteiger partial charge in [-0.3, -0.25) is 14.4 Å². The van der Waals surface area contributed by atoms with Gasteiger partial charge in [-0.25, -0.2) is 0 Å². The zero-order valence-corrected chi connectivity index (χ0v) is 19.8. The minimum Gasteiger partial charge on any atom is -0.396 e. The third-order valence-corrected chi connectivity index (χ3v) is 10.6. The number of nitrogens with one attached hydrogen (secondary N) is 2. The molecule has 6 atom stereocenters. The van der Waals surface area contributed by atoms with Gasteiger partial charge in [-0.1, -0.05) is 35.2 Å². The smallest absolute Gasteiger partial charge is 0.244 e. The molecule has 9 heteroatoms. The number of aliphatic hydroxyl groups is 1. The highest BCUT2D eigenvalue weighted by Crippen LogP contribution is 2.67. The van der Waals surface area contributed by atoms with Crippen molar-refractivity contribution in [3.8, 4) is 0 Å². The van der Waals surface area contributed by atoms with E-state index in [1.807, 2.05) is 0 Å². The molecule has 168 valence electrons. The first-order chi connectivity index (χ1) is 14.4. The molecule has 3 N–H and O–H groups in total. The molecule has 0 aromatic carbocycles. The molecule has 4 fully saturated rings. The summed E-state index contributed by atoms with van der Waals surface area (Å²) in [5.74, 6) is -1.12. The molecule has 3 amide bonds. The van der Waals surface area contributed by atoms with Gasteiger partial charge in [-0.05, 0) is 32.1 Å². The van der Waals surface area contributed by atoms with Gasteiger partial charge in [-0.2, -0.15) is 0 Å². The summed E-state index contributed by atoms with van der Waals surface area (Å²) in [4.78, 5) is 41.8. The van der Waals surface area contributed by atoms with Crippen molar-refractivity contribution in [2.75, 3.05) is 20.2 Å². The SMILES string of the molecule is CNC(=O)[C@H]1[C@H]2C(=O)N(CCCCO)C(C(=O)NC3CCCCC3)C23CC(Br)[C@@H]1S3. The molecule has 3 unspecified atom stereocenters. The Kier molecular flexibility index (Phi) is 6.70. The Morgan fingerprint density at radius 2 is 1.97 bits per heavy atom. The summed E-state index contributed by atoms with van der Waals surface area (Å²) >= 11 is 5.42. The number of likely N-dealkylation sites (tertiary alicyclic amines) is 1. The van der Waals surface area contributed by atoms with Gasteiger partial charge in [-0.15, -0.1) is 11.8 Å². The Labute approximate surface area is 190 Å². The largest absolute Gasteiger partial charge is 0.396 e. The Hall–Kier alpha value is -0.800. The van der Waals surface area contributed by atoms with Gasteiger partial charge in [0.2, 0.25) is 17.7 Å². The maximum Gasteiger partial charge on any atom is 0.244 e. The second-order valence-corrected chi connectivity index (χ2v) is 11.8. The Balaban J connectivity index is 1.64. The number of carbonyl (C=O) groups excluding carboxylic acids is 3. The molecule has 4 aliphatic rings. The molecule has 2 bridgehead atoms. The standard InChI is InChI=1S/C21H32BrN3O4S/c1-23-18(27)14-15-20(29)25(9-5-6-10-26)17(21(15)11-13(22)16(14)30-21)19(28)24-12-7-3-2-4-8-12/h12-17,26H,2-11H2,1H3,(H,23,27)(H,24,28)/t13?,14-,15-,16-,17?,21?/m0/s1. The van der Waals surface area contributed by atoms with E-state index in [-0.39, 0.29) is 40.4 Å². The van der Waals surface area contributed by atoms with E-state index < -0.39 is 22.6 Å².